The van der Waals surface area contributed by atoms with E-state index in [0.29, 0.717) is 16.4 Å². The van der Waals surface area contributed by atoms with Crippen LogP contribution in [0.3, 0.4) is 0 Å². The predicted molar refractivity (Wildman–Crippen MR) is 113 cm³/mol. The van der Waals surface area contributed by atoms with Crippen LogP contribution in [0.4, 0.5) is 0 Å². The van der Waals surface area contributed by atoms with E-state index in [9.17, 15) is 18.0 Å². The molecule has 30 heavy (non-hydrogen) atoms. The Morgan fingerprint density at radius 1 is 1.20 bits per heavy atom. The van der Waals surface area contributed by atoms with Gasteiger partial charge in [-0.2, -0.15) is 4.99 Å². The van der Waals surface area contributed by atoms with Crippen molar-refractivity contribution in [3.63, 3.8) is 0 Å². The van der Waals surface area contributed by atoms with Crippen molar-refractivity contribution < 1.29 is 18.0 Å². The Labute approximate surface area is 181 Å². The van der Waals surface area contributed by atoms with Crippen molar-refractivity contribution in [2.24, 2.45) is 4.99 Å². The minimum absolute atomic E-state index is 0.0285. The molecule has 0 bridgehead atoms. The molecule has 0 N–H and O–H groups in total. The first kappa shape index (κ1) is 20.5. The lowest BCUT2D eigenvalue weighted by Crippen LogP contribution is -2.29. The van der Waals surface area contributed by atoms with E-state index in [1.807, 2.05) is 18.2 Å². The van der Waals surface area contributed by atoms with E-state index in [1.54, 1.807) is 29.1 Å². The monoisotopic (exact) mass is 461 g/mol. The van der Waals surface area contributed by atoms with Gasteiger partial charge in [-0.15, -0.1) is 11.3 Å². The van der Waals surface area contributed by atoms with E-state index in [-0.39, 0.29) is 22.6 Å². The third-order valence-corrected chi connectivity index (χ3v) is 7.76. The van der Waals surface area contributed by atoms with Gasteiger partial charge in [0.25, 0.3) is 21.8 Å². The Hall–Kier alpha value is -2.75. The molecular formula is C20H16ClN3O4S2. The summed E-state index contributed by atoms with van der Waals surface area (Å²) in [5, 5.41) is 2.41. The number of halogens is 1. The summed E-state index contributed by atoms with van der Waals surface area (Å²) in [7, 11) is -3.94. The lowest BCUT2D eigenvalue weighted by atomic mass is 10.1. The average Bonchev–Trinajstić information content (AvgIpc) is 3.23. The summed E-state index contributed by atoms with van der Waals surface area (Å²) in [6, 6.07) is 11.4. The van der Waals surface area contributed by atoms with Gasteiger partial charge in [0.1, 0.15) is 4.90 Å². The third-order valence-electron chi connectivity index (χ3n) is 4.70. The highest BCUT2D eigenvalue weighted by atomic mass is 35.5. The maximum absolute atomic E-state index is 12.7. The molecule has 0 atom stereocenters. The minimum Gasteiger partial charge on any atom is -0.319 e. The first-order valence-electron chi connectivity index (χ1n) is 9.00. The second-order valence-electron chi connectivity index (χ2n) is 6.51. The quantitative estimate of drug-likeness (QED) is 0.597. The molecule has 154 valence electrons. The number of sulfonamides is 1. The molecule has 0 fully saturated rings. The van der Waals surface area contributed by atoms with E-state index in [0.717, 1.165) is 9.87 Å². The van der Waals surface area contributed by atoms with Crippen molar-refractivity contribution in [1.82, 2.24) is 8.87 Å². The van der Waals surface area contributed by atoms with Crippen LogP contribution in [0.5, 0.6) is 0 Å². The lowest BCUT2D eigenvalue weighted by Gasteiger charge is -2.10. The summed E-state index contributed by atoms with van der Waals surface area (Å²) in [5.41, 5.74) is 1.05. The highest BCUT2D eigenvalue weighted by molar-refractivity contribution is 7.90. The molecule has 0 radical (unpaired) electrons. The first-order chi connectivity index (χ1) is 14.3. The smallest absolute Gasteiger partial charge is 0.279 e. The maximum Gasteiger partial charge on any atom is 0.279 e. The van der Waals surface area contributed by atoms with Crippen molar-refractivity contribution in [1.29, 1.82) is 0 Å². The van der Waals surface area contributed by atoms with E-state index < -0.39 is 21.8 Å². The molecule has 0 aliphatic carbocycles. The van der Waals surface area contributed by atoms with Crippen LogP contribution in [0, 0.1) is 0 Å². The van der Waals surface area contributed by atoms with Crippen LogP contribution >= 0.6 is 22.9 Å². The number of fused-ring (bicyclic) bond motifs is 1. The molecule has 0 saturated heterocycles. The molecule has 2 heterocycles. The number of nitrogens with zero attached hydrogens (tertiary/aromatic N) is 3. The zero-order valence-corrected chi connectivity index (χ0v) is 18.2. The standard InChI is InChI=1S/C20H16ClN3O4S2/c1-2-24-19(26)15-8-7-13(11-17(15)30(24,27)28)18(25)22-20-23(9-10-29-20)12-14-5-3-4-6-16(14)21/h3-11H,2,12H2,1H3. The molecule has 10 heteroatoms. The number of aromatic nitrogens is 1. The van der Waals surface area contributed by atoms with E-state index in [1.165, 1.54) is 29.5 Å². The van der Waals surface area contributed by atoms with Crippen LogP contribution in [0.2, 0.25) is 5.02 Å². The number of hydrogen-bond acceptors (Lipinski definition) is 5. The van der Waals surface area contributed by atoms with Gasteiger partial charge in [-0.25, -0.2) is 12.7 Å². The van der Waals surface area contributed by atoms with E-state index >= 15 is 0 Å². The summed E-state index contributed by atoms with van der Waals surface area (Å²) >= 11 is 7.49. The molecular weight excluding hydrogens is 446 g/mol. The Balaban J connectivity index is 1.69. The van der Waals surface area contributed by atoms with Crippen LogP contribution < -0.4 is 4.80 Å². The first-order valence-corrected chi connectivity index (χ1v) is 11.7. The summed E-state index contributed by atoms with van der Waals surface area (Å²) < 4.78 is 27.7. The number of thiazole rings is 1. The highest BCUT2D eigenvalue weighted by Crippen LogP contribution is 2.30. The number of amides is 2. The molecule has 0 unspecified atom stereocenters. The number of carbonyl (C=O) groups is 2. The third kappa shape index (κ3) is 3.49. The number of hydrogen-bond donors (Lipinski definition) is 0. The lowest BCUT2D eigenvalue weighted by molar-refractivity contribution is 0.0874. The molecule has 3 aromatic rings. The summed E-state index contributed by atoms with van der Waals surface area (Å²) in [5.74, 6) is -1.18. The van der Waals surface area contributed by atoms with Crippen molar-refractivity contribution in [2.45, 2.75) is 18.4 Å². The summed E-state index contributed by atoms with van der Waals surface area (Å²) in [6.07, 6.45) is 1.80. The molecule has 2 amide bonds. The molecule has 7 nitrogen and oxygen atoms in total. The average molecular weight is 462 g/mol. The Bertz CT molecular complexity index is 1340. The normalized spacial score (nSPS) is 15.5. The van der Waals surface area contributed by atoms with Gasteiger partial charge >= 0.3 is 0 Å². The molecule has 0 saturated carbocycles. The Morgan fingerprint density at radius 2 is 1.97 bits per heavy atom. The summed E-state index contributed by atoms with van der Waals surface area (Å²) in [6.45, 7) is 2.05. The Kier molecular flexibility index (Phi) is 5.35. The molecule has 1 aliphatic heterocycles. The topological polar surface area (TPSA) is 88.8 Å². The van der Waals surface area contributed by atoms with Crippen LogP contribution in [0.15, 0.2) is 63.9 Å². The van der Waals surface area contributed by atoms with Crippen LogP contribution in [-0.4, -0.2) is 35.6 Å². The van der Waals surface area contributed by atoms with Crippen LogP contribution in [0.1, 0.15) is 33.2 Å². The molecule has 1 aliphatic rings. The highest BCUT2D eigenvalue weighted by Gasteiger charge is 2.40. The van der Waals surface area contributed by atoms with E-state index in [2.05, 4.69) is 4.99 Å². The molecule has 0 spiro atoms. The SMILES string of the molecule is CCN1C(=O)c2ccc(C(=O)N=c3sccn3Cc3ccccc3Cl)cc2S1(=O)=O. The maximum atomic E-state index is 12.7. The zero-order chi connectivity index (χ0) is 21.5. The largest absolute Gasteiger partial charge is 0.319 e. The number of benzene rings is 2. The second-order valence-corrected chi connectivity index (χ2v) is 9.62. The van der Waals surface area contributed by atoms with Crippen LogP contribution in [0.25, 0.3) is 0 Å². The summed E-state index contributed by atoms with van der Waals surface area (Å²) in [4.78, 5) is 29.4. The van der Waals surface area contributed by atoms with Gasteiger partial charge in [-0.1, -0.05) is 29.8 Å². The van der Waals surface area contributed by atoms with Gasteiger partial charge in [-0.3, -0.25) is 9.59 Å². The van der Waals surface area contributed by atoms with Crippen LogP contribution in [-0.2, 0) is 16.6 Å². The van der Waals surface area contributed by atoms with Gasteiger partial charge in [0.2, 0.25) is 0 Å². The number of carbonyl (C=O) groups excluding carboxylic acids is 2. The van der Waals surface area contributed by atoms with Crippen molar-refractivity contribution in [3.05, 3.63) is 80.6 Å². The second kappa shape index (κ2) is 7.82. The fourth-order valence-corrected chi connectivity index (χ4v) is 5.71. The van der Waals surface area contributed by atoms with Crippen molar-refractivity contribution in [2.75, 3.05) is 6.54 Å². The van der Waals surface area contributed by atoms with Gasteiger partial charge in [-0.05, 0) is 36.8 Å². The van der Waals surface area contributed by atoms with Gasteiger partial charge in [0, 0.05) is 28.7 Å². The molecule has 1 aromatic heterocycles. The fraction of sp³-hybridized carbons (Fsp3) is 0.150. The molecule has 2 aromatic carbocycles. The van der Waals surface area contributed by atoms with Crippen molar-refractivity contribution >= 4 is 44.8 Å². The zero-order valence-electron chi connectivity index (χ0n) is 15.8. The van der Waals surface area contributed by atoms with E-state index in [4.69, 9.17) is 11.6 Å². The molecule has 4 rings (SSSR count). The van der Waals surface area contributed by atoms with Gasteiger partial charge in [0.05, 0.1) is 12.1 Å². The fourth-order valence-electron chi connectivity index (χ4n) is 3.19. The predicted octanol–water partition coefficient (Wildman–Crippen LogP) is 3.16. The van der Waals surface area contributed by atoms with Gasteiger partial charge in [0.15, 0.2) is 4.80 Å². The number of rotatable bonds is 4. The van der Waals surface area contributed by atoms with Crippen molar-refractivity contribution in [3.8, 4) is 0 Å². The van der Waals surface area contributed by atoms with Gasteiger partial charge < -0.3 is 4.57 Å². The minimum atomic E-state index is -3.94. The Morgan fingerprint density at radius 3 is 2.70 bits per heavy atom.